The largest absolute Gasteiger partial charge is 0.444 e. The van der Waals surface area contributed by atoms with Crippen LogP contribution in [0.15, 0.2) is 4.99 Å². The second-order valence-electron chi connectivity index (χ2n) is 5.68. The number of alkyl carbamates (subject to hydrolysis) is 1. The van der Waals surface area contributed by atoms with E-state index in [1.807, 2.05) is 27.8 Å². The quantitative estimate of drug-likeness (QED) is 0.444. The van der Waals surface area contributed by atoms with E-state index in [4.69, 9.17) is 4.74 Å². The number of carbonyl (C=O) groups is 1. The number of hydrogen-bond donors (Lipinski definition) is 2. The van der Waals surface area contributed by atoms with Crippen molar-refractivity contribution in [3.63, 3.8) is 0 Å². The van der Waals surface area contributed by atoms with E-state index in [1.54, 1.807) is 7.05 Å². The van der Waals surface area contributed by atoms with E-state index in [1.165, 1.54) is 0 Å². The lowest BCUT2D eigenvalue weighted by molar-refractivity contribution is 0.0529. The van der Waals surface area contributed by atoms with Gasteiger partial charge in [-0.1, -0.05) is 13.3 Å². The summed E-state index contributed by atoms with van der Waals surface area (Å²) in [7, 11) is 3.76. The topological polar surface area (TPSA) is 66.0 Å². The number of nitrogens with zero attached hydrogens (tertiary/aromatic N) is 2. The van der Waals surface area contributed by atoms with Crippen LogP contribution in [0.2, 0.25) is 0 Å². The second-order valence-corrected chi connectivity index (χ2v) is 5.68. The minimum atomic E-state index is -0.464. The Bertz CT molecular complexity index is 311. The predicted molar refractivity (Wildman–Crippen MR) is 83.1 cm³/mol. The Labute approximate surface area is 123 Å². The molecule has 0 spiro atoms. The number of amides is 1. The van der Waals surface area contributed by atoms with E-state index in [-0.39, 0.29) is 0 Å². The van der Waals surface area contributed by atoms with Crippen LogP contribution in [-0.4, -0.2) is 56.3 Å². The predicted octanol–water partition coefficient (Wildman–Crippen LogP) is 1.82. The molecule has 0 aliphatic heterocycles. The summed E-state index contributed by atoms with van der Waals surface area (Å²) in [6.07, 6.45) is 1.89. The van der Waals surface area contributed by atoms with Gasteiger partial charge in [0.1, 0.15) is 5.60 Å². The molecule has 0 aromatic heterocycles. The van der Waals surface area contributed by atoms with E-state index in [0.29, 0.717) is 13.1 Å². The maximum Gasteiger partial charge on any atom is 0.407 e. The van der Waals surface area contributed by atoms with Gasteiger partial charge in [0.25, 0.3) is 0 Å². The summed E-state index contributed by atoms with van der Waals surface area (Å²) in [5.41, 5.74) is -0.464. The van der Waals surface area contributed by atoms with Crippen LogP contribution in [0.3, 0.4) is 0 Å². The Morgan fingerprint density at radius 3 is 2.35 bits per heavy atom. The summed E-state index contributed by atoms with van der Waals surface area (Å²) in [5.74, 6) is 0.837. The molecule has 118 valence electrons. The molecule has 0 atom stereocenters. The van der Waals surface area contributed by atoms with Crippen LogP contribution >= 0.6 is 0 Å². The molecular weight excluding hydrogens is 256 g/mol. The van der Waals surface area contributed by atoms with Gasteiger partial charge in [0.15, 0.2) is 5.96 Å². The molecule has 2 N–H and O–H groups in total. The zero-order chi connectivity index (χ0) is 15.6. The van der Waals surface area contributed by atoms with E-state index in [2.05, 4.69) is 27.4 Å². The fraction of sp³-hybridized carbons (Fsp3) is 0.857. The highest BCUT2D eigenvalue weighted by Crippen LogP contribution is 2.05. The second kappa shape index (κ2) is 9.44. The summed E-state index contributed by atoms with van der Waals surface area (Å²) in [5, 5.41) is 5.91. The molecule has 6 nitrogen and oxygen atoms in total. The number of rotatable bonds is 6. The molecule has 0 aliphatic carbocycles. The van der Waals surface area contributed by atoms with Crippen LogP contribution in [0.1, 0.15) is 40.5 Å². The number of guanidine groups is 1. The maximum absolute atomic E-state index is 11.4. The summed E-state index contributed by atoms with van der Waals surface area (Å²) < 4.78 is 5.15. The van der Waals surface area contributed by atoms with Crippen molar-refractivity contribution in [2.75, 3.05) is 33.7 Å². The third-order valence-electron chi connectivity index (χ3n) is 2.50. The van der Waals surface area contributed by atoms with Crippen LogP contribution < -0.4 is 10.6 Å². The molecule has 0 radical (unpaired) electrons. The number of unbranched alkanes of at least 4 members (excludes halogenated alkanes) is 1. The molecule has 6 heteroatoms. The first-order valence-electron chi connectivity index (χ1n) is 7.18. The van der Waals surface area contributed by atoms with Gasteiger partial charge in [0.2, 0.25) is 0 Å². The standard InChI is InChI=1S/C14H30N4O2/c1-7-8-11-18(6)12(15-5)16-9-10-17-13(19)20-14(2,3)4/h7-11H2,1-6H3,(H,15,16)(H,17,19). The van der Waals surface area contributed by atoms with Gasteiger partial charge in [0.05, 0.1) is 0 Å². The zero-order valence-corrected chi connectivity index (χ0v) is 13.7. The third-order valence-corrected chi connectivity index (χ3v) is 2.50. The molecule has 0 saturated heterocycles. The van der Waals surface area contributed by atoms with Crippen LogP contribution in [0, 0.1) is 0 Å². The Morgan fingerprint density at radius 2 is 1.85 bits per heavy atom. The maximum atomic E-state index is 11.4. The fourth-order valence-electron chi connectivity index (χ4n) is 1.54. The van der Waals surface area contributed by atoms with Gasteiger partial charge in [-0.05, 0) is 27.2 Å². The Hall–Kier alpha value is -1.46. The Morgan fingerprint density at radius 1 is 1.25 bits per heavy atom. The number of ether oxygens (including phenoxy) is 1. The van der Waals surface area contributed by atoms with Crippen molar-refractivity contribution in [1.29, 1.82) is 0 Å². The Kier molecular flexibility index (Phi) is 8.76. The summed E-state index contributed by atoms with van der Waals surface area (Å²) in [4.78, 5) is 17.7. The van der Waals surface area contributed by atoms with Gasteiger partial charge < -0.3 is 20.3 Å². The molecule has 1 amide bonds. The molecule has 0 aliphatic rings. The third kappa shape index (κ3) is 9.47. The SMILES string of the molecule is CCCCN(C)C(=NC)NCCNC(=O)OC(C)(C)C. The highest BCUT2D eigenvalue weighted by Gasteiger charge is 2.15. The highest BCUT2D eigenvalue weighted by molar-refractivity contribution is 5.79. The molecule has 0 aromatic rings. The van der Waals surface area contributed by atoms with Gasteiger partial charge in [-0.2, -0.15) is 0 Å². The molecule has 0 aromatic carbocycles. The van der Waals surface area contributed by atoms with Crippen molar-refractivity contribution in [2.24, 2.45) is 4.99 Å². The number of carbonyl (C=O) groups excluding carboxylic acids is 1. The van der Waals surface area contributed by atoms with Crippen LogP contribution in [0.4, 0.5) is 4.79 Å². The fourth-order valence-corrected chi connectivity index (χ4v) is 1.54. The first-order valence-corrected chi connectivity index (χ1v) is 7.18. The number of hydrogen-bond acceptors (Lipinski definition) is 3. The molecule has 0 heterocycles. The first kappa shape index (κ1) is 18.5. The molecule has 0 rings (SSSR count). The van der Waals surface area contributed by atoms with E-state index < -0.39 is 11.7 Å². The van der Waals surface area contributed by atoms with Crippen molar-refractivity contribution in [3.8, 4) is 0 Å². The zero-order valence-electron chi connectivity index (χ0n) is 13.7. The molecule has 20 heavy (non-hydrogen) atoms. The van der Waals surface area contributed by atoms with Crippen molar-refractivity contribution in [3.05, 3.63) is 0 Å². The minimum Gasteiger partial charge on any atom is -0.444 e. The summed E-state index contributed by atoms with van der Waals surface area (Å²) in [6.45, 7) is 9.77. The lowest BCUT2D eigenvalue weighted by atomic mass is 10.2. The van der Waals surface area contributed by atoms with Gasteiger partial charge in [-0.15, -0.1) is 0 Å². The average molecular weight is 286 g/mol. The molecule has 0 unspecified atom stereocenters. The average Bonchev–Trinajstić information content (AvgIpc) is 2.34. The van der Waals surface area contributed by atoms with Crippen molar-refractivity contribution < 1.29 is 9.53 Å². The molecule has 0 fully saturated rings. The van der Waals surface area contributed by atoms with Crippen LogP contribution in [-0.2, 0) is 4.74 Å². The highest BCUT2D eigenvalue weighted by atomic mass is 16.6. The van der Waals surface area contributed by atoms with E-state index in [9.17, 15) is 4.79 Å². The monoisotopic (exact) mass is 286 g/mol. The van der Waals surface area contributed by atoms with Gasteiger partial charge in [0, 0.05) is 33.7 Å². The van der Waals surface area contributed by atoms with Gasteiger partial charge in [-0.3, -0.25) is 4.99 Å². The lowest BCUT2D eigenvalue weighted by Gasteiger charge is -2.22. The van der Waals surface area contributed by atoms with Gasteiger partial charge >= 0.3 is 6.09 Å². The lowest BCUT2D eigenvalue weighted by Crippen LogP contribution is -2.43. The first-order chi connectivity index (χ1) is 9.30. The smallest absolute Gasteiger partial charge is 0.407 e. The van der Waals surface area contributed by atoms with E-state index >= 15 is 0 Å². The number of nitrogens with one attached hydrogen (secondary N) is 2. The van der Waals surface area contributed by atoms with E-state index in [0.717, 1.165) is 25.3 Å². The van der Waals surface area contributed by atoms with Crippen molar-refractivity contribution >= 4 is 12.1 Å². The van der Waals surface area contributed by atoms with Gasteiger partial charge in [-0.25, -0.2) is 4.79 Å². The van der Waals surface area contributed by atoms with Crippen LogP contribution in [0.25, 0.3) is 0 Å². The van der Waals surface area contributed by atoms with Crippen molar-refractivity contribution in [1.82, 2.24) is 15.5 Å². The minimum absolute atomic E-state index is 0.395. The van der Waals surface area contributed by atoms with Crippen molar-refractivity contribution in [2.45, 2.75) is 46.1 Å². The Balaban J connectivity index is 3.89. The normalized spacial score (nSPS) is 12.0. The number of aliphatic imine (C=N–C) groups is 1. The molecule has 0 saturated carbocycles. The van der Waals surface area contributed by atoms with Crippen LogP contribution in [0.5, 0.6) is 0 Å². The molecular formula is C14H30N4O2. The molecule has 0 bridgehead atoms. The summed E-state index contributed by atoms with van der Waals surface area (Å²) >= 11 is 0. The summed E-state index contributed by atoms with van der Waals surface area (Å²) in [6, 6.07) is 0.